The molecule has 4 nitrogen and oxygen atoms in total. The van der Waals surface area contributed by atoms with Crippen LogP contribution in [0.15, 0.2) is 0 Å². The second kappa shape index (κ2) is 5.19. The summed E-state index contributed by atoms with van der Waals surface area (Å²) in [7, 11) is 0. The molecule has 4 heteroatoms. The molecule has 0 aromatic carbocycles. The third-order valence-corrected chi connectivity index (χ3v) is 1.61. The summed E-state index contributed by atoms with van der Waals surface area (Å²) in [5.41, 5.74) is 4.97. The second-order valence-electron chi connectivity index (χ2n) is 3.48. The van der Waals surface area contributed by atoms with Gasteiger partial charge in [0.15, 0.2) is 6.10 Å². The molecule has 13 heavy (non-hydrogen) atoms. The van der Waals surface area contributed by atoms with Gasteiger partial charge in [-0.2, -0.15) is 0 Å². The van der Waals surface area contributed by atoms with E-state index in [0.29, 0.717) is 13.2 Å². The average Bonchev–Trinajstić information content (AvgIpc) is 2.04. The molecular weight excluding hydrogens is 170 g/mol. The summed E-state index contributed by atoms with van der Waals surface area (Å²) >= 11 is 0. The average molecular weight is 189 g/mol. The van der Waals surface area contributed by atoms with Crippen LogP contribution in [0.1, 0.15) is 27.7 Å². The van der Waals surface area contributed by atoms with Gasteiger partial charge in [0.1, 0.15) is 0 Å². The first-order valence-electron chi connectivity index (χ1n) is 4.47. The maximum Gasteiger partial charge on any atom is 0.334 e. The fraction of sp³-hybridized carbons (Fsp3) is 0.889. The predicted octanol–water partition coefficient (Wildman–Crippen LogP) is 0.692. The molecular formula is C9H19NO3. The maximum atomic E-state index is 11.1. The molecule has 0 rings (SSSR count). The van der Waals surface area contributed by atoms with Crippen molar-refractivity contribution in [3.63, 3.8) is 0 Å². The lowest BCUT2D eigenvalue weighted by molar-refractivity contribution is -0.164. The summed E-state index contributed by atoms with van der Waals surface area (Å²) in [6.07, 6.45) is -0.557. The van der Waals surface area contributed by atoms with E-state index in [1.165, 1.54) is 0 Å². The number of ether oxygens (including phenoxy) is 2. The molecule has 0 aliphatic carbocycles. The van der Waals surface area contributed by atoms with Gasteiger partial charge in [0.05, 0.1) is 12.2 Å². The third-order valence-electron chi connectivity index (χ3n) is 1.61. The molecule has 0 heterocycles. The van der Waals surface area contributed by atoms with E-state index in [-0.39, 0.29) is 5.97 Å². The lowest BCUT2D eigenvalue weighted by Crippen LogP contribution is -2.40. The molecule has 0 bridgehead atoms. The number of carbonyl (C=O) groups is 1. The van der Waals surface area contributed by atoms with Crippen LogP contribution in [0.2, 0.25) is 0 Å². The topological polar surface area (TPSA) is 61.5 Å². The van der Waals surface area contributed by atoms with Crippen molar-refractivity contribution in [1.82, 2.24) is 0 Å². The van der Waals surface area contributed by atoms with Crippen LogP contribution in [-0.4, -0.2) is 30.8 Å². The molecule has 1 atom stereocenters. The molecule has 0 saturated heterocycles. The minimum Gasteiger partial charge on any atom is -0.464 e. The molecule has 78 valence electrons. The Morgan fingerprint density at radius 1 is 1.54 bits per heavy atom. The van der Waals surface area contributed by atoms with Gasteiger partial charge < -0.3 is 15.2 Å². The zero-order valence-electron chi connectivity index (χ0n) is 8.79. The highest BCUT2D eigenvalue weighted by molar-refractivity contribution is 5.74. The zero-order valence-corrected chi connectivity index (χ0v) is 8.79. The van der Waals surface area contributed by atoms with Crippen LogP contribution in [0.4, 0.5) is 0 Å². The summed E-state index contributed by atoms with van der Waals surface area (Å²) < 4.78 is 10.2. The van der Waals surface area contributed by atoms with Crippen molar-refractivity contribution >= 4 is 5.97 Å². The van der Waals surface area contributed by atoms with Gasteiger partial charge in [-0.3, -0.25) is 0 Å². The smallest absolute Gasteiger partial charge is 0.334 e. The lowest BCUT2D eigenvalue weighted by Gasteiger charge is -2.26. The molecule has 0 aliphatic rings. The lowest BCUT2D eigenvalue weighted by atomic mass is 10.1. The highest BCUT2D eigenvalue weighted by Gasteiger charge is 2.24. The number of hydrogen-bond donors (Lipinski definition) is 1. The Labute approximate surface area is 79.4 Å². The molecule has 0 radical (unpaired) electrons. The van der Waals surface area contributed by atoms with Crippen molar-refractivity contribution in [3.8, 4) is 0 Å². The van der Waals surface area contributed by atoms with Crippen molar-refractivity contribution in [2.45, 2.75) is 39.4 Å². The molecule has 0 fully saturated rings. The highest BCUT2D eigenvalue weighted by Crippen LogP contribution is 2.10. The van der Waals surface area contributed by atoms with E-state index in [0.717, 1.165) is 0 Å². The van der Waals surface area contributed by atoms with Crippen LogP contribution in [0.25, 0.3) is 0 Å². The summed E-state index contributed by atoms with van der Waals surface area (Å²) in [5, 5.41) is 0. The molecule has 0 aromatic rings. The Hall–Kier alpha value is -0.610. The van der Waals surface area contributed by atoms with E-state index in [4.69, 9.17) is 15.2 Å². The van der Waals surface area contributed by atoms with Crippen LogP contribution >= 0.6 is 0 Å². The van der Waals surface area contributed by atoms with Gasteiger partial charge >= 0.3 is 5.97 Å². The highest BCUT2D eigenvalue weighted by atomic mass is 16.6. The molecule has 1 unspecified atom stereocenters. The number of hydrogen-bond acceptors (Lipinski definition) is 4. The summed E-state index contributed by atoms with van der Waals surface area (Å²) in [6.45, 7) is 7.84. The standard InChI is InChI=1S/C9H19NO3/c1-5-12-8(11)7(2)13-9(3,4)6-10/h7H,5-6,10H2,1-4H3. The zero-order chi connectivity index (χ0) is 10.5. The Balaban J connectivity index is 3.99. The van der Waals surface area contributed by atoms with E-state index in [2.05, 4.69) is 0 Å². The minimum absolute atomic E-state index is 0.343. The maximum absolute atomic E-state index is 11.1. The van der Waals surface area contributed by atoms with Crippen molar-refractivity contribution in [2.75, 3.05) is 13.2 Å². The quantitative estimate of drug-likeness (QED) is 0.646. The van der Waals surface area contributed by atoms with Gasteiger partial charge in [-0.05, 0) is 27.7 Å². The van der Waals surface area contributed by atoms with Gasteiger partial charge in [0.2, 0.25) is 0 Å². The van der Waals surface area contributed by atoms with Crippen LogP contribution in [0.5, 0.6) is 0 Å². The van der Waals surface area contributed by atoms with Gasteiger partial charge in [-0.25, -0.2) is 4.79 Å². The summed E-state index contributed by atoms with van der Waals surface area (Å²) in [5.74, 6) is -0.343. The van der Waals surface area contributed by atoms with Gasteiger partial charge in [0, 0.05) is 6.54 Å². The summed E-state index contributed by atoms with van der Waals surface area (Å²) in [6, 6.07) is 0. The van der Waals surface area contributed by atoms with E-state index < -0.39 is 11.7 Å². The van der Waals surface area contributed by atoms with E-state index in [1.807, 2.05) is 13.8 Å². The van der Waals surface area contributed by atoms with E-state index in [9.17, 15) is 4.79 Å². The number of nitrogens with two attached hydrogens (primary N) is 1. The largest absolute Gasteiger partial charge is 0.464 e. The molecule has 2 N–H and O–H groups in total. The monoisotopic (exact) mass is 189 g/mol. The fourth-order valence-corrected chi connectivity index (χ4v) is 0.834. The van der Waals surface area contributed by atoms with Crippen molar-refractivity contribution < 1.29 is 14.3 Å². The first-order valence-corrected chi connectivity index (χ1v) is 4.47. The molecule has 0 aliphatic heterocycles. The van der Waals surface area contributed by atoms with Crippen molar-refractivity contribution in [3.05, 3.63) is 0 Å². The van der Waals surface area contributed by atoms with Crippen LogP contribution in [0, 0.1) is 0 Å². The van der Waals surface area contributed by atoms with Crippen molar-refractivity contribution in [1.29, 1.82) is 0 Å². The Morgan fingerprint density at radius 2 is 2.08 bits per heavy atom. The van der Waals surface area contributed by atoms with Crippen molar-refractivity contribution in [2.24, 2.45) is 5.73 Å². The first kappa shape index (κ1) is 12.4. The van der Waals surface area contributed by atoms with Gasteiger partial charge in [0.25, 0.3) is 0 Å². The summed E-state index contributed by atoms with van der Waals surface area (Å²) in [4.78, 5) is 11.1. The fourth-order valence-electron chi connectivity index (χ4n) is 0.834. The molecule has 0 spiro atoms. The Morgan fingerprint density at radius 3 is 2.46 bits per heavy atom. The molecule has 0 aromatic heterocycles. The number of rotatable bonds is 5. The van der Waals surface area contributed by atoms with E-state index in [1.54, 1.807) is 13.8 Å². The van der Waals surface area contributed by atoms with E-state index >= 15 is 0 Å². The second-order valence-corrected chi connectivity index (χ2v) is 3.48. The van der Waals surface area contributed by atoms with Crippen LogP contribution in [-0.2, 0) is 14.3 Å². The minimum atomic E-state index is -0.557. The van der Waals surface area contributed by atoms with Gasteiger partial charge in [-0.15, -0.1) is 0 Å². The molecule has 0 saturated carbocycles. The Kier molecular flexibility index (Phi) is 4.95. The van der Waals surface area contributed by atoms with Crippen LogP contribution < -0.4 is 5.73 Å². The Bertz CT molecular complexity index is 168. The van der Waals surface area contributed by atoms with Crippen LogP contribution in [0.3, 0.4) is 0 Å². The first-order chi connectivity index (χ1) is 5.93. The third kappa shape index (κ3) is 4.85. The van der Waals surface area contributed by atoms with Gasteiger partial charge in [-0.1, -0.05) is 0 Å². The molecule has 0 amide bonds. The predicted molar refractivity (Wildman–Crippen MR) is 50.3 cm³/mol. The SMILES string of the molecule is CCOC(=O)C(C)OC(C)(C)CN. The number of carbonyl (C=O) groups excluding carboxylic acids is 1. The normalized spacial score (nSPS) is 13.9. The number of esters is 1.